The first-order valence-corrected chi connectivity index (χ1v) is 10.9. The molecule has 0 saturated heterocycles. The predicted octanol–water partition coefficient (Wildman–Crippen LogP) is 6.09. The molecule has 5 rings (SSSR count). The van der Waals surface area contributed by atoms with Crippen LogP contribution in [0.5, 0.6) is 0 Å². The van der Waals surface area contributed by atoms with Gasteiger partial charge in [0, 0.05) is 37.0 Å². The summed E-state index contributed by atoms with van der Waals surface area (Å²) in [6.45, 7) is 0.546. The van der Waals surface area contributed by atoms with Gasteiger partial charge in [0.05, 0.1) is 6.54 Å². The van der Waals surface area contributed by atoms with E-state index in [1.165, 1.54) is 16.7 Å². The first kappa shape index (κ1) is 20.1. The molecule has 158 valence electrons. The maximum atomic E-state index is 13.8. The van der Waals surface area contributed by atoms with Crippen molar-refractivity contribution in [1.82, 2.24) is 0 Å². The summed E-state index contributed by atoms with van der Waals surface area (Å²) >= 11 is 0. The summed E-state index contributed by atoms with van der Waals surface area (Å²) < 4.78 is 0. The van der Waals surface area contributed by atoms with Gasteiger partial charge >= 0.3 is 0 Å². The Morgan fingerprint density at radius 2 is 1.38 bits per heavy atom. The first-order chi connectivity index (χ1) is 15.6. The van der Waals surface area contributed by atoms with Crippen molar-refractivity contribution in [1.29, 1.82) is 0 Å². The third kappa shape index (κ3) is 3.56. The minimum Gasteiger partial charge on any atom is -0.378 e. The number of nitrogens with zero attached hydrogens (tertiary/aromatic N) is 2. The summed E-state index contributed by atoms with van der Waals surface area (Å²) in [6.07, 6.45) is 0. The van der Waals surface area contributed by atoms with E-state index in [9.17, 15) is 4.79 Å². The Balaban J connectivity index is 1.66. The van der Waals surface area contributed by atoms with E-state index < -0.39 is 0 Å². The molecule has 1 unspecified atom stereocenters. The van der Waals surface area contributed by atoms with Crippen molar-refractivity contribution in [3.63, 3.8) is 0 Å². The molecule has 0 spiro atoms. The number of rotatable bonds is 3. The summed E-state index contributed by atoms with van der Waals surface area (Å²) in [5, 5.41) is 0. The molecular formula is C29H26N2O. The van der Waals surface area contributed by atoms with E-state index in [4.69, 9.17) is 0 Å². The Hall–Kier alpha value is -3.85. The fraction of sp³-hybridized carbons (Fsp3) is 0.138. The first-order valence-electron chi connectivity index (χ1n) is 10.9. The standard InChI is InChI=1S/C29H26N2O/c1-30(2)24-18-16-22(17-19-24)29(32)31-20-23-12-6-7-13-25(23)28(21-10-4-3-5-11-21)26-14-8-9-15-27(26)31/h3-19,28H,20H2,1-2H3. The normalized spacial score (nSPS) is 14.8. The number of carbonyl (C=O) groups is 1. The molecule has 0 saturated carbocycles. The molecular weight excluding hydrogens is 392 g/mol. The number of fused-ring (bicyclic) bond motifs is 2. The third-order valence-corrected chi connectivity index (χ3v) is 6.24. The van der Waals surface area contributed by atoms with Crippen LogP contribution < -0.4 is 9.80 Å². The lowest BCUT2D eigenvalue weighted by Gasteiger charge is -2.25. The molecule has 4 aromatic rings. The molecule has 1 aliphatic rings. The molecule has 0 fully saturated rings. The second-order valence-corrected chi connectivity index (χ2v) is 8.43. The monoisotopic (exact) mass is 418 g/mol. The quantitative estimate of drug-likeness (QED) is 0.402. The zero-order chi connectivity index (χ0) is 22.1. The molecule has 1 amide bonds. The second-order valence-electron chi connectivity index (χ2n) is 8.43. The van der Waals surface area contributed by atoms with Gasteiger partial charge < -0.3 is 9.80 Å². The van der Waals surface area contributed by atoms with Gasteiger partial charge in [0.15, 0.2) is 0 Å². The smallest absolute Gasteiger partial charge is 0.258 e. The van der Waals surface area contributed by atoms with Gasteiger partial charge in [-0.25, -0.2) is 0 Å². The summed E-state index contributed by atoms with van der Waals surface area (Å²) in [6, 6.07) is 35.2. The van der Waals surface area contributed by atoms with E-state index in [2.05, 4.69) is 66.7 Å². The van der Waals surface area contributed by atoms with E-state index >= 15 is 0 Å². The van der Waals surface area contributed by atoms with Crippen LogP contribution in [0.25, 0.3) is 0 Å². The lowest BCUT2D eigenvalue weighted by atomic mass is 9.83. The number of carbonyl (C=O) groups excluding carboxylic acids is 1. The van der Waals surface area contributed by atoms with Crippen LogP contribution in [0.2, 0.25) is 0 Å². The Labute approximate surface area is 189 Å². The average Bonchev–Trinajstić information content (AvgIpc) is 2.99. The maximum Gasteiger partial charge on any atom is 0.258 e. The summed E-state index contributed by atoms with van der Waals surface area (Å²) in [7, 11) is 4.01. The summed E-state index contributed by atoms with van der Waals surface area (Å²) in [4.78, 5) is 17.7. The molecule has 0 aromatic heterocycles. The van der Waals surface area contributed by atoms with Crippen LogP contribution in [0.15, 0.2) is 103 Å². The van der Waals surface area contributed by atoms with Crippen LogP contribution >= 0.6 is 0 Å². The lowest BCUT2D eigenvalue weighted by Crippen LogP contribution is -2.30. The second kappa shape index (κ2) is 8.35. The van der Waals surface area contributed by atoms with Crippen LogP contribution in [0.3, 0.4) is 0 Å². The van der Waals surface area contributed by atoms with Gasteiger partial charge in [-0.05, 0) is 52.6 Å². The van der Waals surface area contributed by atoms with Crippen molar-refractivity contribution in [3.8, 4) is 0 Å². The van der Waals surface area contributed by atoms with E-state index in [1.807, 2.05) is 60.3 Å². The number of para-hydroxylation sites is 1. The minimum atomic E-state index is 0.0197. The molecule has 3 heteroatoms. The van der Waals surface area contributed by atoms with Crippen molar-refractivity contribution in [2.45, 2.75) is 12.5 Å². The average molecular weight is 419 g/mol. The topological polar surface area (TPSA) is 23.6 Å². The largest absolute Gasteiger partial charge is 0.378 e. The van der Waals surface area contributed by atoms with E-state index in [0.29, 0.717) is 12.1 Å². The highest BCUT2D eigenvalue weighted by atomic mass is 16.2. The number of hydrogen-bond acceptors (Lipinski definition) is 2. The molecule has 3 nitrogen and oxygen atoms in total. The molecule has 1 aliphatic heterocycles. The fourth-order valence-electron chi connectivity index (χ4n) is 4.60. The highest BCUT2D eigenvalue weighted by Crippen LogP contribution is 2.42. The predicted molar refractivity (Wildman–Crippen MR) is 132 cm³/mol. The Bertz CT molecular complexity index is 1250. The highest BCUT2D eigenvalue weighted by molar-refractivity contribution is 6.07. The van der Waals surface area contributed by atoms with Crippen LogP contribution in [0, 0.1) is 0 Å². The van der Waals surface area contributed by atoms with E-state index in [-0.39, 0.29) is 11.8 Å². The lowest BCUT2D eigenvalue weighted by molar-refractivity contribution is 0.0985. The van der Waals surface area contributed by atoms with Crippen LogP contribution in [0.4, 0.5) is 11.4 Å². The molecule has 0 aliphatic carbocycles. The van der Waals surface area contributed by atoms with Gasteiger partial charge in [0.2, 0.25) is 0 Å². The van der Waals surface area contributed by atoms with Gasteiger partial charge in [0.25, 0.3) is 5.91 Å². The number of benzene rings is 4. The van der Waals surface area contributed by atoms with Crippen molar-refractivity contribution >= 4 is 17.3 Å². The van der Waals surface area contributed by atoms with Gasteiger partial charge in [-0.2, -0.15) is 0 Å². The molecule has 0 bridgehead atoms. The number of hydrogen-bond donors (Lipinski definition) is 0. The van der Waals surface area contributed by atoms with Crippen LogP contribution in [-0.4, -0.2) is 20.0 Å². The van der Waals surface area contributed by atoms with Gasteiger partial charge in [0.1, 0.15) is 0 Å². The zero-order valence-electron chi connectivity index (χ0n) is 18.4. The minimum absolute atomic E-state index is 0.0197. The number of anilines is 2. The van der Waals surface area contributed by atoms with Crippen molar-refractivity contribution < 1.29 is 4.79 Å². The number of amides is 1. The van der Waals surface area contributed by atoms with Crippen molar-refractivity contribution in [2.75, 3.05) is 23.9 Å². The van der Waals surface area contributed by atoms with Gasteiger partial charge in [-0.15, -0.1) is 0 Å². The van der Waals surface area contributed by atoms with Crippen LogP contribution in [0.1, 0.15) is 38.5 Å². The third-order valence-electron chi connectivity index (χ3n) is 6.24. The Morgan fingerprint density at radius 3 is 2.09 bits per heavy atom. The molecule has 1 atom stereocenters. The summed E-state index contributed by atoms with van der Waals surface area (Å²) in [5.41, 5.74) is 7.56. The SMILES string of the molecule is CN(C)c1ccc(C(=O)N2Cc3ccccc3C(c3ccccc3)c3ccccc32)cc1. The molecule has 0 N–H and O–H groups in total. The Kier molecular flexibility index (Phi) is 5.24. The Morgan fingerprint density at radius 1 is 0.750 bits per heavy atom. The van der Waals surface area contributed by atoms with Crippen LogP contribution in [-0.2, 0) is 6.54 Å². The molecule has 32 heavy (non-hydrogen) atoms. The summed E-state index contributed by atoms with van der Waals surface area (Å²) in [5.74, 6) is 0.101. The molecule has 4 aromatic carbocycles. The van der Waals surface area contributed by atoms with Gasteiger partial charge in [-0.3, -0.25) is 4.79 Å². The molecule has 0 radical (unpaired) electrons. The molecule has 1 heterocycles. The van der Waals surface area contributed by atoms with E-state index in [1.54, 1.807) is 0 Å². The highest BCUT2D eigenvalue weighted by Gasteiger charge is 2.31. The zero-order valence-corrected chi connectivity index (χ0v) is 18.4. The van der Waals surface area contributed by atoms with Gasteiger partial charge in [-0.1, -0.05) is 72.8 Å². The van der Waals surface area contributed by atoms with E-state index in [0.717, 1.165) is 16.9 Å². The fourth-order valence-corrected chi connectivity index (χ4v) is 4.60. The van der Waals surface area contributed by atoms with Crippen molar-refractivity contribution in [2.24, 2.45) is 0 Å². The van der Waals surface area contributed by atoms with Crippen molar-refractivity contribution in [3.05, 3.63) is 131 Å². The maximum absolute atomic E-state index is 13.8.